The number of benzene rings is 1. The van der Waals surface area contributed by atoms with E-state index in [-0.39, 0.29) is 0 Å². The zero-order chi connectivity index (χ0) is 13.2. The van der Waals surface area contributed by atoms with Crippen LogP contribution in [0.25, 0.3) is 11.0 Å². The average molecular weight is 253 g/mol. The predicted molar refractivity (Wildman–Crippen MR) is 69.6 cm³/mol. The van der Waals surface area contributed by atoms with Gasteiger partial charge in [0.25, 0.3) is 0 Å². The molecule has 5 heteroatoms. The van der Waals surface area contributed by atoms with E-state index in [1.165, 1.54) is 11.1 Å². The van der Waals surface area contributed by atoms with Crippen molar-refractivity contribution in [3.05, 3.63) is 60.2 Å². The van der Waals surface area contributed by atoms with Crippen molar-refractivity contribution in [2.24, 2.45) is 0 Å². The third kappa shape index (κ3) is 2.06. The van der Waals surface area contributed by atoms with Crippen LogP contribution in [0.1, 0.15) is 16.1 Å². The van der Waals surface area contributed by atoms with Crippen molar-refractivity contribution in [2.75, 3.05) is 0 Å². The number of nitrogens with zero attached hydrogens (tertiary/aromatic N) is 3. The minimum atomic E-state index is -0.422. The lowest BCUT2D eigenvalue weighted by atomic mass is 10.2. The quantitative estimate of drug-likeness (QED) is 0.701. The normalized spacial score (nSPS) is 10.6. The number of hydrogen-bond donors (Lipinski definition) is 0. The summed E-state index contributed by atoms with van der Waals surface area (Å²) in [6.45, 7) is 1.88. The maximum absolute atomic E-state index is 12.0. The van der Waals surface area contributed by atoms with Gasteiger partial charge in [-0.15, -0.1) is 0 Å². The van der Waals surface area contributed by atoms with Gasteiger partial charge in [0, 0.05) is 11.6 Å². The Bertz CT molecular complexity index is 735. The van der Waals surface area contributed by atoms with Crippen LogP contribution >= 0.6 is 0 Å². The molecule has 0 N–H and O–H groups in total. The molecule has 0 aliphatic carbocycles. The Balaban J connectivity index is 1.94. The van der Waals surface area contributed by atoms with Crippen molar-refractivity contribution in [1.82, 2.24) is 14.7 Å². The minimum Gasteiger partial charge on any atom is -0.330 e. The summed E-state index contributed by atoms with van der Waals surface area (Å²) in [6, 6.07) is 10.7. The lowest BCUT2D eigenvalue weighted by Crippen LogP contribution is -2.19. The van der Waals surface area contributed by atoms with Gasteiger partial charge in [-0.25, -0.2) is 14.8 Å². The molecule has 0 saturated heterocycles. The van der Waals surface area contributed by atoms with Crippen LogP contribution < -0.4 is 4.84 Å². The van der Waals surface area contributed by atoms with Gasteiger partial charge in [0.2, 0.25) is 0 Å². The summed E-state index contributed by atoms with van der Waals surface area (Å²) in [5.74, 6) is -0.422. The van der Waals surface area contributed by atoms with Gasteiger partial charge < -0.3 is 4.84 Å². The molecule has 0 atom stereocenters. The van der Waals surface area contributed by atoms with Gasteiger partial charge >= 0.3 is 5.97 Å². The summed E-state index contributed by atoms with van der Waals surface area (Å²) >= 11 is 0. The van der Waals surface area contributed by atoms with Crippen molar-refractivity contribution >= 4 is 17.0 Å². The van der Waals surface area contributed by atoms with E-state index in [1.54, 1.807) is 30.5 Å². The van der Waals surface area contributed by atoms with Crippen molar-refractivity contribution in [2.45, 2.75) is 6.92 Å². The fourth-order valence-corrected chi connectivity index (χ4v) is 1.84. The minimum absolute atomic E-state index is 0.422. The third-order valence-electron chi connectivity index (χ3n) is 2.84. The first kappa shape index (κ1) is 11.4. The molecule has 3 aromatic rings. The SMILES string of the molecule is Cc1ncnc2c1ccn2OC(=O)c1ccccc1. The smallest absolute Gasteiger partial charge is 0.330 e. The maximum atomic E-state index is 12.0. The Labute approximate surface area is 109 Å². The molecule has 0 spiro atoms. The summed E-state index contributed by atoms with van der Waals surface area (Å²) in [6.07, 6.45) is 3.11. The number of aryl methyl sites for hydroxylation is 1. The van der Waals surface area contributed by atoms with Crippen LogP contribution in [0.3, 0.4) is 0 Å². The van der Waals surface area contributed by atoms with E-state index >= 15 is 0 Å². The summed E-state index contributed by atoms with van der Waals surface area (Å²) in [7, 11) is 0. The van der Waals surface area contributed by atoms with Crippen LogP contribution in [0.4, 0.5) is 0 Å². The highest BCUT2D eigenvalue weighted by atomic mass is 16.7. The molecule has 94 valence electrons. The molecule has 2 aromatic heterocycles. The molecule has 0 bridgehead atoms. The molecule has 0 saturated carbocycles. The highest BCUT2D eigenvalue weighted by Crippen LogP contribution is 2.14. The first-order valence-corrected chi connectivity index (χ1v) is 5.82. The molecule has 0 radical (unpaired) electrons. The number of carbonyl (C=O) groups is 1. The number of carbonyl (C=O) groups excluding carboxylic acids is 1. The largest absolute Gasteiger partial charge is 0.363 e. The van der Waals surface area contributed by atoms with Gasteiger partial charge in [-0.05, 0) is 25.1 Å². The second kappa shape index (κ2) is 4.53. The molecule has 0 amide bonds. The van der Waals surface area contributed by atoms with Crippen molar-refractivity contribution < 1.29 is 9.63 Å². The van der Waals surface area contributed by atoms with Gasteiger partial charge in [-0.1, -0.05) is 18.2 Å². The predicted octanol–water partition coefficient (Wildman–Crippen LogP) is 2.01. The average Bonchev–Trinajstić information content (AvgIpc) is 2.84. The molecule has 5 nitrogen and oxygen atoms in total. The van der Waals surface area contributed by atoms with Crippen LogP contribution in [-0.4, -0.2) is 20.7 Å². The lowest BCUT2D eigenvalue weighted by Gasteiger charge is -2.05. The fraction of sp³-hybridized carbons (Fsp3) is 0.0714. The van der Waals surface area contributed by atoms with E-state index in [4.69, 9.17) is 4.84 Å². The van der Waals surface area contributed by atoms with Crippen molar-refractivity contribution in [1.29, 1.82) is 0 Å². The Kier molecular flexibility index (Phi) is 2.72. The van der Waals surface area contributed by atoms with Crippen molar-refractivity contribution in [3.63, 3.8) is 0 Å². The highest BCUT2D eigenvalue weighted by molar-refractivity contribution is 5.90. The molecule has 0 unspecified atom stereocenters. The zero-order valence-electron chi connectivity index (χ0n) is 10.3. The highest BCUT2D eigenvalue weighted by Gasteiger charge is 2.11. The van der Waals surface area contributed by atoms with Crippen LogP contribution in [-0.2, 0) is 0 Å². The number of fused-ring (bicyclic) bond motifs is 1. The molecule has 0 aliphatic rings. The van der Waals surface area contributed by atoms with E-state index in [2.05, 4.69) is 9.97 Å². The number of aromatic nitrogens is 3. The summed E-state index contributed by atoms with van der Waals surface area (Å²) < 4.78 is 1.36. The summed E-state index contributed by atoms with van der Waals surface area (Å²) in [5.41, 5.74) is 1.92. The molecule has 3 rings (SSSR count). The fourth-order valence-electron chi connectivity index (χ4n) is 1.84. The Hall–Kier alpha value is -2.69. The van der Waals surface area contributed by atoms with E-state index in [1.807, 2.05) is 19.1 Å². The lowest BCUT2D eigenvalue weighted by molar-refractivity contribution is 0.0480. The monoisotopic (exact) mass is 253 g/mol. The zero-order valence-corrected chi connectivity index (χ0v) is 10.3. The van der Waals surface area contributed by atoms with Crippen LogP contribution in [0.15, 0.2) is 48.9 Å². The van der Waals surface area contributed by atoms with Crippen molar-refractivity contribution in [3.8, 4) is 0 Å². The Morgan fingerprint density at radius 2 is 1.95 bits per heavy atom. The van der Waals surface area contributed by atoms with Crippen LogP contribution in [0.5, 0.6) is 0 Å². The summed E-state index contributed by atoms with van der Waals surface area (Å²) in [4.78, 5) is 25.5. The molecule has 1 aromatic carbocycles. The Morgan fingerprint density at radius 3 is 2.74 bits per heavy atom. The van der Waals surface area contributed by atoms with E-state index in [9.17, 15) is 4.79 Å². The first-order chi connectivity index (χ1) is 9.25. The molecule has 0 fully saturated rings. The van der Waals surface area contributed by atoms with Gasteiger partial charge in [-0.3, -0.25) is 0 Å². The third-order valence-corrected chi connectivity index (χ3v) is 2.84. The van der Waals surface area contributed by atoms with Gasteiger partial charge in [0.15, 0.2) is 5.65 Å². The molecular formula is C14H11N3O2. The molecular weight excluding hydrogens is 242 g/mol. The molecule has 0 aliphatic heterocycles. The molecule has 2 heterocycles. The standard InChI is InChI=1S/C14H11N3O2/c1-10-12-7-8-17(13(12)16-9-15-10)19-14(18)11-5-3-2-4-6-11/h2-9H,1H3. The van der Waals surface area contributed by atoms with E-state index in [0.29, 0.717) is 11.2 Å². The molecule has 19 heavy (non-hydrogen) atoms. The van der Waals surface area contributed by atoms with Crippen LogP contribution in [0, 0.1) is 6.92 Å². The van der Waals surface area contributed by atoms with Gasteiger partial charge in [-0.2, -0.15) is 4.73 Å². The van der Waals surface area contributed by atoms with E-state index in [0.717, 1.165) is 11.1 Å². The maximum Gasteiger partial charge on any atom is 0.363 e. The second-order valence-electron chi connectivity index (χ2n) is 4.08. The van der Waals surface area contributed by atoms with Gasteiger partial charge in [0.05, 0.1) is 11.3 Å². The Morgan fingerprint density at radius 1 is 1.16 bits per heavy atom. The first-order valence-electron chi connectivity index (χ1n) is 5.82. The van der Waals surface area contributed by atoms with Crippen LogP contribution in [0.2, 0.25) is 0 Å². The summed E-state index contributed by atoms with van der Waals surface area (Å²) in [5, 5.41) is 0.864. The van der Waals surface area contributed by atoms with Gasteiger partial charge in [0.1, 0.15) is 6.33 Å². The topological polar surface area (TPSA) is 57.0 Å². The van der Waals surface area contributed by atoms with E-state index < -0.39 is 5.97 Å². The number of hydrogen-bond acceptors (Lipinski definition) is 4. The second-order valence-corrected chi connectivity index (χ2v) is 4.08. The number of rotatable bonds is 2.